The number of benzene rings is 1. The Morgan fingerprint density at radius 3 is 2.52 bits per heavy atom. The molecule has 1 aromatic rings. The van der Waals surface area contributed by atoms with Gasteiger partial charge in [0.05, 0.1) is 19.9 Å². The SMILES string of the molecule is COc1cc(CCC(=O)N2CCCCC2)cc(N)c1OC. The molecule has 0 aromatic heterocycles. The van der Waals surface area contributed by atoms with Crippen molar-refractivity contribution in [1.82, 2.24) is 4.90 Å². The van der Waals surface area contributed by atoms with Gasteiger partial charge in [-0.1, -0.05) is 0 Å². The summed E-state index contributed by atoms with van der Waals surface area (Å²) in [6.07, 6.45) is 4.65. The lowest BCUT2D eigenvalue weighted by molar-refractivity contribution is -0.132. The third-order valence-electron chi connectivity index (χ3n) is 3.90. The predicted molar refractivity (Wildman–Crippen MR) is 82.7 cm³/mol. The van der Waals surface area contributed by atoms with Crippen molar-refractivity contribution in [1.29, 1.82) is 0 Å². The summed E-state index contributed by atoms with van der Waals surface area (Å²) in [5.74, 6) is 1.38. The molecule has 0 aliphatic carbocycles. The monoisotopic (exact) mass is 292 g/mol. The summed E-state index contributed by atoms with van der Waals surface area (Å²) in [6.45, 7) is 1.79. The van der Waals surface area contributed by atoms with E-state index in [2.05, 4.69) is 0 Å². The second kappa shape index (κ2) is 7.20. The number of ether oxygens (including phenoxy) is 2. The van der Waals surface area contributed by atoms with Gasteiger partial charge in [0.25, 0.3) is 0 Å². The van der Waals surface area contributed by atoms with Gasteiger partial charge in [0.1, 0.15) is 0 Å². The van der Waals surface area contributed by atoms with Crippen LogP contribution < -0.4 is 15.2 Å². The number of nitrogens with two attached hydrogens (primary N) is 1. The minimum absolute atomic E-state index is 0.225. The van der Waals surface area contributed by atoms with Crippen molar-refractivity contribution < 1.29 is 14.3 Å². The van der Waals surface area contributed by atoms with Crippen LogP contribution in [0.2, 0.25) is 0 Å². The van der Waals surface area contributed by atoms with E-state index < -0.39 is 0 Å². The summed E-state index contributed by atoms with van der Waals surface area (Å²) < 4.78 is 10.5. The fourth-order valence-electron chi connectivity index (χ4n) is 2.75. The number of rotatable bonds is 5. The van der Waals surface area contributed by atoms with E-state index in [0.29, 0.717) is 30.0 Å². The average Bonchev–Trinajstić information content (AvgIpc) is 2.52. The third-order valence-corrected chi connectivity index (χ3v) is 3.90. The molecule has 2 N–H and O–H groups in total. The van der Waals surface area contributed by atoms with Gasteiger partial charge in [-0.3, -0.25) is 4.79 Å². The van der Waals surface area contributed by atoms with Crippen molar-refractivity contribution in [3.63, 3.8) is 0 Å². The van der Waals surface area contributed by atoms with Crippen LogP contribution in [0.3, 0.4) is 0 Å². The number of methoxy groups -OCH3 is 2. The van der Waals surface area contributed by atoms with Crippen LogP contribution in [0.4, 0.5) is 5.69 Å². The molecule has 0 saturated carbocycles. The molecule has 1 fully saturated rings. The van der Waals surface area contributed by atoms with E-state index in [1.807, 2.05) is 17.0 Å². The van der Waals surface area contributed by atoms with E-state index in [9.17, 15) is 4.79 Å². The van der Waals surface area contributed by atoms with Crippen molar-refractivity contribution >= 4 is 11.6 Å². The number of hydrogen-bond acceptors (Lipinski definition) is 4. The van der Waals surface area contributed by atoms with Gasteiger partial charge >= 0.3 is 0 Å². The van der Waals surface area contributed by atoms with Gasteiger partial charge in [0.15, 0.2) is 11.5 Å². The quantitative estimate of drug-likeness (QED) is 0.845. The number of carbonyl (C=O) groups is 1. The molecule has 1 aromatic carbocycles. The number of nitrogens with zero attached hydrogens (tertiary/aromatic N) is 1. The Balaban J connectivity index is 1.99. The molecule has 1 aliphatic rings. The van der Waals surface area contributed by atoms with Crippen LogP contribution in [-0.4, -0.2) is 38.1 Å². The molecule has 0 spiro atoms. The number of anilines is 1. The van der Waals surface area contributed by atoms with Crippen LogP contribution in [-0.2, 0) is 11.2 Å². The summed E-state index contributed by atoms with van der Waals surface area (Å²) >= 11 is 0. The van der Waals surface area contributed by atoms with E-state index in [1.54, 1.807) is 14.2 Å². The predicted octanol–water partition coefficient (Wildman–Crippen LogP) is 2.23. The molecule has 5 nitrogen and oxygen atoms in total. The molecule has 2 rings (SSSR count). The van der Waals surface area contributed by atoms with Crippen molar-refractivity contribution in [2.24, 2.45) is 0 Å². The Labute approximate surface area is 126 Å². The number of likely N-dealkylation sites (tertiary alicyclic amines) is 1. The zero-order valence-electron chi connectivity index (χ0n) is 12.9. The van der Waals surface area contributed by atoms with Gasteiger partial charge in [-0.25, -0.2) is 0 Å². The maximum atomic E-state index is 12.2. The van der Waals surface area contributed by atoms with E-state index in [0.717, 1.165) is 31.5 Å². The minimum Gasteiger partial charge on any atom is -0.493 e. The first-order valence-electron chi connectivity index (χ1n) is 7.44. The molecule has 1 aliphatic heterocycles. The van der Waals surface area contributed by atoms with Crippen molar-refractivity contribution in [2.45, 2.75) is 32.1 Å². The number of aryl methyl sites for hydroxylation is 1. The smallest absolute Gasteiger partial charge is 0.222 e. The lowest BCUT2D eigenvalue weighted by Gasteiger charge is -2.26. The minimum atomic E-state index is 0.225. The topological polar surface area (TPSA) is 64.8 Å². The molecule has 1 amide bonds. The Bertz CT molecular complexity index is 497. The Hall–Kier alpha value is -1.91. The van der Waals surface area contributed by atoms with E-state index in [-0.39, 0.29) is 5.91 Å². The summed E-state index contributed by atoms with van der Waals surface area (Å²) in [7, 11) is 3.15. The fraction of sp³-hybridized carbons (Fsp3) is 0.562. The first-order chi connectivity index (χ1) is 10.2. The molecular formula is C16H24N2O3. The van der Waals surface area contributed by atoms with Gasteiger partial charge in [-0.2, -0.15) is 0 Å². The Morgan fingerprint density at radius 2 is 1.90 bits per heavy atom. The highest BCUT2D eigenvalue weighted by molar-refractivity contribution is 5.76. The highest BCUT2D eigenvalue weighted by atomic mass is 16.5. The van der Waals surface area contributed by atoms with Crippen LogP contribution in [0, 0.1) is 0 Å². The largest absolute Gasteiger partial charge is 0.493 e. The third kappa shape index (κ3) is 3.80. The van der Waals surface area contributed by atoms with Crippen molar-refractivity contribution in [3.8, 4) is 11.5 Å². The van der Waals surface area contributed by atoms with Gasteiger partial charge < -0.3 is 20.1 Å². The maximum Gasteiger partial charge on any atom is 0.222 e. The summed E-state index contributed by atoms with van der Waals surface area (Å²) in [6, 6.07) is 3.74. The highest BCUT2D eigenvalue weighted by Crippen LogP contribution is 2.34. The zero-order chi connectivity index (χ0) is 15.2. The lowest BCUT2D eigenvalue weighted by atomic mass is 10.1. The van der Waals surface area contributed by atoms with Crippen LogP contribution in [0.25, 0.3) is 0 Å². The lowest BCUT2D eigenvalue weighted by Crippen LogP contribution is -2.35. The van der Waals surface area contributed by atoms with Crippen LogP contribution >= 0.6 is 0 Å². The Kier molecular flexibility index (Phi) is 5.31. The van der Waals surface area contributed by atoms with E-state index in [4.69, 9.17) is 15.2 Å². The molecule has 1 saturated heterocycles. The average molecular weight is 292 g/mol. The van der Waals surface area contributed by atoms with E-state index in [1.165, 1.54) is 6.42 Å². The van der Waals surface area contributed by atoms with Crippen LogP contribution in [0.5, 0.6) is 11.5 Å². The molecule has 0 unspecified atom stereocenters. The van der Waals surface area contributed by atoms with Gasteiger partial charge in [-0.05, 0) is 43.4 Å². The summed E-state index contributed by atoms with van der Waals surface area (Å²) in [4.78, 5) is 14.1. The zero-order valence-corrected chi connectivity index (χ0v) is 12.9. The summed E-state index contributed by atoms with van der Waals surface area (Å²) in [5, 5.41) is 0. The van der Waals surface area contributed by atoms with Gasteiger partial charge in [0, 0.05) is 19.5 Å². The highest BCUT2D eigenvalue weighted by Gasteiger charge is 2.17. The molecule has 0 bridgehead atoms. The second-order valence-electron chi connectivity index (χ2n) is 5.36. The first-order valence-corrected chi connectivity index (χ1v) is 7.44. The molecule has 5 heteroatoms. The second-order valence-corrected chi connectivity index (χ2v) is 5.36. The number of nitrogen functional groups attached to an aromatic ring is 1. The van der Waals surface area contributed by atoms with Crippen LogP contribution in [0.1, 0.15) is 31.2 Å². The number of hydrogen-bond donors (Lipinski definition) is 1. The molecule has 116 valence electrons. The number of carbonyl (C=O) groups excluding carboxylic acids is 1. The first kappa shape index (κ1) is 15.5. The van der Waals surface area contributed by atoms with Gasteiger partial charge in [0.2, 0.25) is 5.91 Å². The Morgan fingerprint density at radius 1 is 1.19 bits per heavy atom. The van der Waals surface area contributed by atoms with Crippen molar-refractivity contribution in [2.75, 3.05) is 33.0 Å². The van der Waals surface area contributed by atoms with Crippen molar-refractivity contribution in [3.05, 3.63) is 17.7 Å². The molecule has 0 radical (unpaired) electrons. The maximum absolute atomic E-state index is 12.2. The van der Waals surface area contributed by atoms with Crippen LogP contribution in [0.15, 0.2) is 12.1 Å². The standard InChI is InChI=1S/C16H24N2O3/c1-20-14-11-12(10-13(17)16(14)21-2)6-7-15(19)18-8-4-3-5-9-18/h10-11H,3-9,17H2,1-2H3. The fourth-order valence-corrected chi connectivity index (χ4v) is 2.75. The molecule has 1 heterocycles. The van der Waals surface area contributed by atoms with Gasteiger partial charge in [-0.15, -0.1) is 0 Å². The molecule has 21 heavy (non-hydrogen) atoms. The number of piperidine rings is 1. The molecular weight excluding hydrogens is 268 g/mol. The van der Waals surface area contributed by atoms with E-state index >= 15 is 0 Å². The number of amides is 1. The summed E-state index contributed by atoms with van der Waals surface area (Å²) in [5.41, 5.74) is 7.49. The molecule has 0 atom stereocenters. The normalized spacial score (nSPS) is 14.9.